The van der Waals surface area contributed by atoms with Gasteiger partial charge in [-0.05, 0) is 74.2 Å². The molecule has 2 amide bonds. The first-order valence-corrected chi connectivity index (χ1v) is 15.6. The lowest BCUT2D eigenvalue weighted by atomic mass is 9.61. The van der Waals surface area contributed by atoms with E-state index in [-0.39, 0.29) is 82.5 Å². The Labute approximate surface area is 242 Å². The molecule has 10 atom stereocenters. The highest BCUT2D eigenvalue weighted by molar-refractivity contribution is 6.22. The van der Waals surface area contributed by atoms with Gasteiger partial charge in [-0.2, -0.15) is 0 Å². The number of methoxy groups -OCH3 is 2. The Morgan fingerprint density at radius 1 is 0.707 bits per heavy atom. The number of amides is 2. The van der Waals surface area contributed by atoms with E-state index in [1.165, 1.54) is 12.8 Å². The van der Waals surface area contributed by atoms with Crippen LogP contribution in [-0.4, -0.2) is 56.1 Å². The maximum absolute atomic E-state index is 13.4. The normalized spacial score (nSPS) is 42.0. The first kappa shape index (κ1) is 28.4. The highest BCUT2D eigenvalue weighted by Crippen LogP contribution is 2.48. The van der Waals surface area contributed by atoms with Gasteiger partial charge in [0.05, 0.1) is 17.8 Å². The number of nitrogens with one attached hydrogen (secondary N) is 2. The van der Waals surface area contributed by atoms with Crippen molar-refractivity contribution < 1.29 is 29.0 Å². The van der Waals surface area contributed by atoms with Gasteiger partial charge in [0.15, 0.2) is 5.78 Å². The summed E-state index contributed by atoms with van der Waals surface area (Å²) in [6.45, 7) is 0. The summed E-state index contributed by atoms with van der Waals surface area (Å²) in [5, 5.41) is 19.7. The molecule has 0 aromatic heterocycles. The maximum Gasteiger partial charge on any atom is 0.255 e. The fraction of sp³-hybridized carbons (Fsp3) is 0.667. The van der Waals surface area contributed by atoms with E-state index in [0.717, 1.165) is 38.5 Å². The van der Waals surface area contributed by atoms with E-state index >= 15 is 0 Å². The van der Waals surface area contributed by atoms with Gasteiger partial charge in [0.25, 0.3) is 11.8 Å². The van der Waals surface area contributed by atoms with Crippen LogP contribution in [0.3, 0.4) is 0 Å². The Morgan fingerprint density at radius 3 is 1.85 bits per heavy atom. The van der Waals surface area contributed by atoms with E-state index in [9.17, 15) is 19.5 Å². The van der Waals surface area contributed by atoms with Crippen LogP contribution in [0.4, 0.5) is 0 Å². The first-order valence-electron chi connectivity index (χ1n) is 15.6. The molecule has 4 aliphatic carbocycles. The minimum Gasteiger partial charge on any atom is -0.875 e. The standard InChI is InChI=1S/C33H44N2O6/c1-40-26-16-24-28(20-12-8-6-10-18(20)26)34-32(38)22(30(24)36)14-4-3-5-15-23-31(37)25-17-27(41-2)19-11-7-9-13-21(19)29(25)35-33(23)39/h3-5,14-15,18-21,24-29,36H,6-13,16-17H2,1-2H3,(H,34,38)(H,35,39)/p-1. The summed E-state index contributed by atoms with van der Waals surface area (Å²) in [5.41, 5.74) is 0.300. The minimum absolute atomic E-state index is 0.0448. The number of carbonyl (C=O) groups excluding carboxylic acids is 3. The molecule has 2 N–H and O–H groups in total. The van der Waals surface area contributed by atoms with Gasteiger partial charge in [-0.1, -0.05) is 50.0 Å². The van der Waals surface area contributed by atoms with Crippen molar-refractivity contribution in [1.82, 2.24) is 10.6 Å². The SMILES string of the molecule is COC1CC2C(=O)C(=CC=CC=CC3=C([O-])C4CC(OC)C5CCCCC5C4NC3=O)C(=O)NC2C2CCCCC12. The third-order valence-corrected chi connectivity index (χ3v) is 11.1. The van der Waals surface area contributed by atoms with Crippen LogP contribution < -0.4 is 15.7 Å². The molecule has 2 heterocycles. The second kappa shape index (κ2) is 11.9. The highest BCUT2D eigenvalue weighted by atomic mass is 16.5. The Morgan fingerprint density at radius 2 is 1.24 bits per heavy atom. The third-order valence-electron chi connectivity index (χ3n) is 11.1. The number of ether oxygens (including phenoxy) is 2. The molecule has 0 bridgehead atoms. The van der Waals surface area contributed by atoms with Gasteiger partial charge in [-0.25, -0.2) is 0 Å². The van der Waals surface area contributed by atoms with Crippen LogP contribution in [0.1, 0.15) is 64.2 Å². The molecule has 0 radical (unpaired) electrons. The Kier molecular flexibility index (Phi) is 8.23. The van der Waals surface area contributed by atoms with Gasteiger partial charge in [0.2, 0.25) is 0 Å². The number of hydrogen-bond donors (Lipinski definition) is 2. The smallest absolute Gasteiger partial charge is 0.255 e. The number of rotatable bonds is 5. The zero-order chi connectivity index (χ0) is 28.7. The molecular weight excluding hydrogens is 520 g/mol. The summed E-state index contributed by atoms with van der Waals surface area (Å²) in [6.07, 6.45) is 18.2. The number of carbonyl (C=O) groups is 3. The minimum atomic E-state index is -0.321. The van der Waals surface area contributed by atoms with Gasteiger partial charge in [-0.15, -0.1) is 5.76 Å². The van der Waals surface area contributed by atoms with Crippen LogP contribution in [-0.2, 0) is 23.9 Å². The van der Waals surface area contributed by atoms with Crippen LogP contribution in [0.25, 0.3) is 0 Å². The van der Waals surface area contributed by atoms with Gasteiger partial charge in [0, 0.05) is 37.8 Å². The predicted molar refractivity (Wildman–Crippen MR) is 151 cm³/mol. The molecule has 6 aliphatic rings. The van der Waals surface area contributed by atoms with Crippen LogP contribution in [0, 0.1) is 35.5 Å². The molecule has 4 saturated carbocycles. The van der Waals surface area contributed by atoms with E-state index in [1.54, 1.807) is 44.6 Å². The van der Waals surface area contributed by atoms with Crippen molar-refractivity contribution >= 4 is 17.6 Å². The number of allylic oxidation sites excluding steroid dienone is 4. The third kappa shape index (κ3) is 5.11. The van der Waals surface area contributed by atoms with Crippen LogP contribution in [0.15, 0.2) is 47.3 Å². The van der Waals surface area contributed by atoms with Gasteiger partial charge in [-0.3, -0.25) is 14.4 Å². The quantitative estimate of drug-likeness (QED) is 0.302. The van der Waals surface area contributed by atoms with Gasteiger partial charge in [0.1, 0.15) is 0 Å². The lowest BCUT2D eigenvalue weighted by molar-refractivity contribution is -0.323. The first-order chi connectivity index (χ1) is 19.9. The van der Waals surface area contributed by atoms with Crippen LogP contribution >= 0.6 is 0 Å². The molecular formula is C33H43N2O6-. The molecule has 8 heteroatoms. The maximum atomic E-state index is 13.4. The number of ketones is 1. The number of hydrogen-bond acceptors (Lipinski definition) is 6. The van der Waals surface area contributed by atoms with Crippen LogP contribution in [0.5, 0.6) is 0 Å². The average Bonchev–Trinajstić information content (AvgIpc) is 2.99. The lowest BCUT2D eigenvalue weighted by Crippen LogP contribution is -2.61. The summed E-state index contributed by atoms with van der Waals surface area (Å²) in [5.74, 6) is -0.0700. The molecule has 0 spiro atoms. The Balaban J connectivity index is 1.15. The Hall–Kier alpha value is -2.71. The van der Waals surface area contributed by atoms with Crippen molar-refractivity contribution in [2.45, 2.75) is 88.5 Å². The molecule has 1 saturated heterocycles. The fourth-order valence-corrected chi connectivity index (χ4v) is 9.19. The number of fused-ring (bicyclic) bond motifs is 6. The highest BCUT2D eigenvalue weighted by Gasteiger charge is 2.52. The second-order valence-electron chi connectivity index (χ2n) is 12.9. The van der Waals surface area contributed by atoms with Crippen molar-refractivity contribution in [3.05, 3.63) is 47.3 Å². The van der Waals surface area contributed by atoms with Gasteiger partial charge < -0.3 is 25.2 Å². The zero-order valence-electron chi connectivity index (χ0n) is 24.2. The van der Waals surface area contributed by atoms with E-state index in [4.69, 9.17) is 9.47 Å². The molecule has 10 unspecified atom stereocenters. The zero-order valence-corrected chi connectivity index (χ0v) is 24.2. The lowest BCUT2D eigenvalue weighted by Gasteiger charge is -2.53. The van der Waals surface area contributed by atoms with E-state index in [0.29, 0.717) is 24.7 Å². The van der Waals surface area contributed by atoms with Crippen molar-refractivity contribution in [3.8, 4) is 0 Å². The predicted octanol–water partition coefficient (Wildman–Crippen LogP) is 2.89. The Bertz CT molecular complexity index is 1190. The number of piperidine rings is 1. The van der Waals surface area contributed by atoms with Crippen molar-refractivity contribution in [1.29, 1.82) is 0 Å². The second-order valence-corrected chi connectivity index (χ2v) is 12.9. The summed E-state index contributed by atoms with van der Waals surface area (Å²) in [6, 6.07) is -0.240. The molecule has 5 fully saturated rings. The van der Waals surface area contributed by atoms with Crippen molar-refractivity contribution in [2.75, 3.05) is 14.2 Å². The molecule has 2 aliphatic heterocycles. The van der Waals surface area contributed by atoms with Crippen molar-refractivity contribution in [2.24, 2.45) is 35.5 Å². The van der Waals surface area contributed by atoms with Gasteiger partial charge >= 0.3 is 0 Å². The monoisotopic (exact) mass is 563 g/mol. The summed E-state index contributed by atoms with van der Waals surface area (Å²) < 4.78 is 11.6. The molecule has 41 heavy (non-hydrogen) atoms. The largest absolute Gasteiger partial charge is 0.875 e. The molecule has 6 rings (SSSR count). The van der Waals surface area contributed by atoms with Crippen LogP contribution in [0.2, 0.25) is 0 Å². The molecule has 0 aromatic rings. The van der Waals surface area contributed by atoms with E-state index in [1.807, 2.05) is 0 Å². The van der Waals surface area contributed by atoms with E-state index < -0.39 is 0 Å². The topological polar surface area (TPSA) is 117 Å². The van der Waals surface area contributed by atoms with Crippen molar-refractivity contribution in [3.63, 3.8) is 0 Å². The molecule has 0 aromatic carbocycles. The average molecular weight is 564 g/mol. The molecule has 222 valence electrons. The summed E-state index contributed by atoms with van der Waals surface area (Å²) in [7, 11) is 3.45. The number of Topliss-reactive ketones (excluding diaryl/α,β-unsaturated/α-hetero) is 1. The summed E-state index contributed by atoms with van der Waals surface area (Å²) in [4.78, 5) is 39.4. The molecule has 8 nitrogen and oxygen atoms in total. The van der Waals surface area contributed by atoms with E-state index in [2.05, 4.69) is 10.6 Å². The fourth-order valence-electron chi connectivity index (χ4n) is 9.19. The summed E-state index contributed by atoms with van der Waals surface area (Å²) >= 11 is 0.